The summed E-state index contributed by atoms with van der Waals surface area (Å²) in [6.07, 6.45) is 0. The molecule has 16 heavy (non-hydrogen) atoms. The number of carbonyl (C=O) groups is 1. The van der Waals surface area contributed by atoms with Gasteiger partial charge in [0.15, 0.2) is 15.6 Å². The molecule has 0 unspecified atom stereocenters. The molecule has 4 nitrogen and oxygen atoms in total. The van der Waals surface area contributed by atoms with Crippen molar-refractivity contribution in [3.63, 3.8) is 0 Å². The summed E-state index contributed by atoms with van der Waals surface area (Å²) in [5.41, 5.74) is 2.42. The molecule has 0 aliphatic carbocycles. The van der Waals surface area contributed by atoms with E-state index in [9.17, 15) is 13.2 Å². The Kier molecular flexibility index (Phi) is 3.38. The van der Waals surface area contributed by atoms with Crippen LogP contribution in [0.3, 0.4) is 0 Å². The van der Waals surface area contributed by atoms with E-state index in [0.717, 1.165) is 11.1 Å². The van der Waals surface area contributed by atoms with Gasteiger partial charge in [-0.25, -0.2) is 8.42 Å². The Hall–Kier alpha value is -1.36. The molecule has 0 fully saturated rings. The molecular weight excluding hydrogens is 228 g/mol. The third kappa shape index (κ3) is 2.61. The van der Waals surface area contributed by atoms with E-state index in [1.54, 1.807) is 19.9 Å². The molecule has 88 valence electrons. The minimum Gasteiger partial charge on any atom is -0.480 e. The third-order valence-corrected chi connectivity index (χ3v) is 4.18. The first-order chi connectivity index (χ1) is 7.24. The normalized spacial score (nSPS) is 11.4. The molecule has 0 radical (unpaired) electrons. The lowest BCUT2D eigenvalue weighted by Gasteiger charge is -2.09. The molecule has 1 rings (SSSR count). The quantitative estimate of drug-likeness (QED) is 0.871. The fourth-order valence-corrected chi connectivity index (χ4v) is 2.90. The van der Waals surface area contributed by atoms with E-state index in [0.29, 0.717) is 5.56 Å². The lowest BCUT2D eigenvalue weighted by atomic mass is 10.1. The Morgan fingerprint density at radius 2 is 1.62 bits per heavy atom. The van der Waals surface area contributed by atoms with Crippen LogP contribution in [0.4, 0.5) is 0 Å². The van der Waals surface area contributed by atoms with Crippen LogP contribution in [0.2, 0.25) is 0 Å². The molecule has 0 aromatic heterocycles. The molecule has 1 aromatic rings. The summed E-state index contributed by atoms with van der Waals surface area (Å²) in [5.74, 6) is -2.20. The van der Waals surface area contributed by atoms with Crippen LogP contribution in [0, 0.1) is 20.8 Å². The Labute approximate surface area is 94.8 Å². The van der Waals surface area contributed by atoms with Crippen LogP contribution in [0.1, 0.15) is 16.7 Å². The molecule has 0 saturated carbocycles. The van der Waals surface area contributed by atoms with Crippen molar-refractivity contribution in [1.82, 2.24) is 0 Å². The highest BCUT2D eigenvalue weighted by Gasteiger charge is 2.21. The standard InChI is InChI=1S/C11H14O4S/c1-7-4-9(3)10(5-8(7)2)16(14,15)6-11(12)13/h4-5H,6H2,1-3H3,(H,12,13). The maximum atomic E-state index is 11.7. The fourth-order valence-electron chi connectivity index (χ4n) is 1.51. The molecule has 0 amide bonds. The van der Waals surface area contributed by atoms with Crippen molar-refractivity contribution >= 4 is 15.8 Å². The number of carboxylic acids is 1. The number of carboxylic acid groups (broad SMARTS) is 1. The minimum absolute atomic E-state index is 0.109. The molecule has 0 aliphatic rings. The number of hydrogen-bond donors (Lipinski definition) is 1. The average Bonchev–Trinajstić information content (AvgIpc) is 2.08. The first-order valence-electron chi connectivity index (χ1n) is 4.76. The van der Waals surface area contributed by atoms with Gasteiger partial charge in [-0.2, -0.15) is 0 Å². The van der Waals surface area contributed by atoms with Crippen LogP contribution < -0.4 is 0 Å². The van der Waals surface area contributed by atoms with Crippen LogP contribution in [0.5, 0.6) is 0 Å². The van der Waals surface area contributed by atoms with Gasteiger partial charge in [0.05, 0.1) is 4.90 Å². The second-order valence-corrected chi connectivity index (χ2v) is 5.81. The predicted molar refractivity (Wildman–Crippen MR) is 60.3 cm³/mol. The molecule has 1 N–H and O–H groups in total. The van der Waals surface area contributed by atoms with Gasteiger partial charge >= 0.3 is 5.97 Å². The van der Waals surface area contributed by atoms with E-state index in [4.69, 9.17) is 5.11 Å². The van der Waals surface area contributed by atoms with E-state index < -0.39 is 21.6 Å². The first-order valence-corrected chi connectivity index (χ1v) is 6.41. The van der Waals surface area contributed by atoms with E-state index in [1.807, 2.05) is 6.92 Å². The second kappa shape index (κ2) is 4.25. The van der Waals surface area contributed by atoms with Gasteiger partial charge in [-0.3, -0.25) is 4.79 Å². The highest BCUT2D eigenvalue weighted by molar-refractivity contribution is 7.92. The van der Waals surface area contributed by atoms with E-state index in [-0.39, 0.29) is 4.90 Å². The highest BCUT2D eigenvalue weighted by atomic mass is 32.2. The molecule has 0 heterocycles. The van der Waals surface area contributed by atoms with Gasteiger partial charge in [-0.1, -0.05) is 6.07 Å². The summed E-state index contributed by atoms with van der Waals surface area (Å²) in [6, 6.07) is 3.28. The van der Waals surface area contributed by atoms with Crippen molar-refractivity contribution in [1.29, 1.82) is 0 Å². The molecule has 0 saturated heterocycles. The van der Waals surface area contributed by atoms with Crippen LogP contribution in [0.15, 0.2) is 17.0 Å². The summed E-state index contributed by atoms with van der Waals surface area (Å²) in [4.78, 5) is 10.6. The Balaban J connectivity index is 3.34. The molecule has 0 spiro atoms. The monoisotopic (exact) mass is 242 g/mol. The minimum atomic E-state index is -3.73. The van der Waals surface area contributed by atoms with Crippen molar-refractivity contribution in [3.05, 3.63) is 28.8 Å². The number of aliphatic carboxylic acids is 1. The molecule has 0 atom stereocenters. The molecular formula is C11H14O4S. The number of sulfone groups is 1. The van der Waals surface area contributed by atoms with Crippen molar-refractivity contribution in [2.24, 2.45) is 0 Å². The maximum Gasteiger partial charge on any atom is 0.319 e. The molecule has 5 heteroatoms. The van der Waals surface area contributed by atoms with Gasteiger partial charge in [0.2, 0.25) is 0 Å². The Morgan fingerprint density at radius 3 is 2.12 bits per heavy atom. The topological polar surface area (TPSA) is 71.4 Å². The zero-order valence-electron chi connectivity index (χ0n) is 9.44. The van der Waals surface area contributed by atoms with E-state index in [1.165, 1.54) is 6.07 Å². The fraction of sp³-hybridized carbons (Fsp3) is 0.364. The number of aryl methyl sites for hydroxylation is 3. The van der Waals surface area contributed by atoms with Crippen LogP contribution >= 0.6 is 0 Å². The first kappa shape index (κ1) is 12.7. The van der Waals surface area contributed by atoms with Crippen molar-refractivity contribution in [3.8, 4) is 0 Å². The van der Waals surface area contributed by atoms with E-state index >= 15 is 0 Å². The number of benzene rings is 1. The number of hydrogen-bond acceptors (Lipinski definition) is 3. The summed E-state index contributed by atoms with van der Waals surface area (Å²) in [5, 5.41) is 8.55. The van der Waals surface area contributed by atoms with Gasteiger partial charge in [-0.05, 0) is 43.5 Å². The highest BCUT2D eigenvalue weighted by Crippen LogP contribution is 2.21. The van der Waals surface area contributed by atoms with Gasteiger partial charge < -0.3 is 5.11 Å². The SMILES string of the molecule is Cc1cc(C)c(S(=O)(=O)CC(=O)O)cc1C. The molecule has 0 bridgehead atoms. The van der Waals surface area contributed by atoms with Gasteiger partial charge in [0.1, 0.15) is 0 Å². The van der Waals surface area contributed by atoms with Gasteiger partial charge in [0, 0.05) is 0 Å². The average molecular weight is 242 g/mol. The van der Waals surface area contributed by atoms with Crippen molar-refractivity contribution < 1.29 is 18.3 Å². The summed E-state index contributed by atoms with van der Waals surface area (Å²) in [7, 11) is -3.73. The van der Waals surface area contributed by atoms with E-state index in [2.05, 4.69) is 0 Å². The third-order valence-electron chi connectivity index (χ3n) is 2.44. The predicted octanol–water partition coefficient (Wildman–Crippen LogP) is 1.47. The second-order valence-electron chi connectivity index (χ2n) is 3.85. The molecule has 1 aromatic carbocycles. The van der Waals surface area contributed by atoms with Crippen molar-refractivity contribution in [2.75, 3.05) is 5.75 Å². The summed E-state index contributed by atoms with van der Waals surface area (Å²) in [6.45, 7) is 5.35. The zero-order valence-corrected chi connectivity index (χ0v) is 10.3. The van der Waals surface area contributed by atoms with Crippen LogP contribution in [-0.2, 0) is 14.6 Å². The smallest absolute Gasteiger partial charge is 0.319 e. The number of rotatable bonds is 3. The zero-order chi connectivity index (χ0) is 12.5. The van der Waals surface area contributed by atoms with Gasteiger partial charge in [-0.15, -0.1) is 0 Å². The lowest BCUT2D eigenvalue weighted by molar-refractivity contribution is -0.134. The maximum absolute atomic E-state index is 11.7. The van der Waals surface area contributed by atoms with Crippen LogP contribution in [-0.4, -0.2) is 25.2 Å². The Morgan fingerprint density at radius 1 is 1.12 bits per heavy atom. The summed E-state index contributed by atoms with van der Waals surface area (Å²) >= 11 is 0. The van der Waals surface area contributed by atoms with Gasteiger partial charge in [0.25, 0.3) is 0 Å². The Bertz CT molecular complexity index is 529. The van der Waals surface area contributed by atoms with Crippen LogP contribution in [0.25, 0.3) is 0 Å². The lowest BCUT2D eigenvalue weighted by Crippen LogP contribution is -2.16. The van der Waals surface area contributed by atoms with Crippen molar-refractivity contribution in [2.45, 2.75) is 25.7 Å². The largest absolute Gasteiger partial charge is 0.480 e. The summed E-state index contributed by atoms with van der Waals surface area (Å²) < 4.78 is 23.5. The molecule has 0 aliphatic heterocycles.